The average molecular weight is 309 g/mol. The number of carbonyl (C=O) groups excluding carboxylic acids is 1. The van der Waals surface area contributed by atoms with Crippen LogP contribution in [0.25, 0.3) is 0 Å². The summed E-state index contributed by atoms with van der Waals surface area (Å²) in [7, 11) is 0. The van der Waals surface area contributed by atoms with E-state index in [2.05, 4.69) is 29.6 Å². The predicted octanol–water partition coefficient (Wildman–Crippen LogP) is 3.59. The van der Waals surface area contributed by atoms with E-state index in [0.717, 1.165) is 30.0 Å². The largest absolute Gasteiger partial charge is 0.494 e. The lowest BCUT2D eigenvalue weighted by atomic mass is 9.95. The van der Waals surface area contributed by atoms with Gasteiger partial charge in [0.2, 0.25) is 0 Å². The molecule has 0 spiro atoms. The number of hydrogen-bond donors (Lipinski definition) is 1. The number of rotatable bonds is 6. The summed E-state index contributed by atoms with van der Waals surface area (Å²) in [6, 6.07) is 15.9. The Kier molecular flexibility index (Phi) is 5.09. The van der Waals surface area contributed by atoms with Crippen molar-refractivity contribution >= 4 is 5.78 Å². The summed E-state index contributed by atoms with van der Waals surface area (Å²) >= 11 is 0. The summed E-state index contributed by atoms with van der Waals surface area (Å²) in [5, 5.41) is 3.39. The number of carbonyl (C=O) groups is 1. The monoisotopic (exact) mass is 309 g/mol. The highest BCUT2D eigenvalue weighted by Crippen LogP contribution is 2.23. The minimum atomic E-state index is 0.142. The zero-order valence-corrected chi connectivity index (χ0v) is 13.5. The first-order chi connectivity index (χ1) is 11.3. The number of nitrogens with one attached hydrogen (secondary N) is 1. The number of hydrogen-bond acceptors (Lipinski definition) is 3. The van der Waals surface area contributed by atoms with Crippen LogP contribution in [-0.4, -0.2) is 25.5 Å². The van der Waals surface area contributed by atoms with E-state index >= 15 is 0 Å². The minimum absolute atomic E-state index is 0.142. The molecule has 1 aliphatic rings. The van der Waals surface area contributed by atoms with Gasteiger partial charge in [0.05, 0.1) is 6.61 Å². The molecule has 1 aliphatic heterocycles. The Bertz CT molecular complexity index is 640. The molecular weight excluding hydrogens is 286 g/mol. The first kappa shape index (κ1) is 15.8. The van der Waals surface area contributed by atoms with Gasteiger partial charge in [0.25, 0.3) is 0 Å². The van der Waals surface area contributed by atoms with Gasteiger partial charge in [-0.1, -0.05) is 24.3 Å². The zero-order chi connectivity index (χ0) is 16.1. The molecule has 1 N–H and O–H groups in total. The van der Waals surface area contributed by atoms with Crippen molar-refractivity contribution in [1.29, 1.82) is 0 Å². The Morgan fingerprint density at radius 1 is 1.13 bits per heavy atom. The van der Waals surface area contributed by atoms with E-state index in [4.69, 9.17) is 4.74 Å². The van der Waals surface area contributed by atoms with Gasteiger partial charge in [0.1, 0.15) is 5.75 Å². The van der Waals surface area contributed by atoms with Gasteiger partial charge >= 0.3 is 0 Å². The predicted molar refractivity (Wildman–Crippen MR) is 92.3 cm³/mol. The van der Waals surface area contributed by atoms with Crippen LogP contribution in [0, 0.1) is 0 Å². The summed E-state index contributed by atoms with van der Waals surface area (Å²) < 4.78 is 5.40. The molecule has 0 aromatic heterocycles. The van der Waals surface area contributed by atoms with E-state index in [1.807, 2.05) is 31.2 Å². The lowest BCUT2D eigenvalue weighted by molar-refractivity contribution is 0.0993. The number of ketones is 1. The van der Waals surface area contributed by atoms with Crippen LogP contribution in [0.15, 0.2) is 48.5 Å². The van der Waals surface area contributed by atoms with Gasteiger partial charge < -0.3 is 10.1 Å². The third-order valence-electron chi connectivity index (χ3n) is 4.36. The van der Waals surface area contributed by atoms with E-state index in [9.17, 15) is 4.79 Å². The molecule has 3 nitrogen and oxygen atoms in total. The molecule has 0 bridgehead atoms. The fourth-order valence-corrected chi connectivity index (χ4v) is 3.04. The quantitative estimate of drug-likeness (QED) is 0.829. The standard InChI is InChI=1S/C20H23NO2/c1-2-23-19-9-7-17(8-10-19)20(22)13-15-3-5-16(6-4-15)18-11-12-21-14-18/h3-10,18,21H,2,11-14H2,1H3. The van der Waals surface area contributed by atoms with Gasteiger partial charge in [-0.2, -0.15) is 0 Å². The van der Waals surface area contributed by atoms with Gasteiger partial charge in [-0.3, -0.25) is 4.79 Å². The zero-order valence-electron chi connectivity index (χ0n) is 13.5. The Morgan fingerprint density at radius 2 is 1.87 bits per heavy atom. The van der Waals surface area contributed by atoms with Crippen LogP contribution in [0.1, 0.15) is 40.7 Å². The summed E-state index contributed by atoms with van der Waals surface area (Å²) in [4.78, 5) is 12.4. The van der Waals surface area contributed by atoms with Crippen molar-refractivity contribution in [2.24, 2.45) is 0 Å². The first-order valence-electron chi connectivity index (χ1n) is 8.32. The Morgan fingerprint density at radius 3 is 2.48 bits per heavy atom. The van der Waals surface area contributed by atoms with Crippen molar-refractivity contribution in [2.45, 2.75) is 25.7 Å². The molecule has 1 fully saturated rings. The molecule has 120 valence electrons. The molecule has 1 heterocycles. The van der Waals surface area contributed by atoms with E-state index in [-0.39, 0.29) is 5.78 Å². The van der Waals surface area contributed by atoms with Gasteiger partial charge in [-0.15, -0.1) is 0 Å². The van der Waals surface area contributed by atoms with E-state index < -0.39 is 0 Å². The Labute approximate surface area is 137 Å². The summed E-state index contributed by atoms with van der Waals surface area (Å²) in [5.74, 6) is 1.56. The third kappa shape index (κ3) is 3.99. The maximum absolute atomic E-state index is 12.4. The van der Waals surface area contributed by atoms with E-state index in [1.165, 1.54) is 12.0 Å². The normalized spacial score (nSPS) is 17.2. The molecule has 0 aliphatic carbocycles. The lowest BCUT2D eigenvalue weighted by Gasteiger charge is -2.09. The molecule has 2 aromatic carbocycles. The molecule has 3 heteroatoms. The Balaban J connectivity index is 1.62. The maximum Gasteiger partial charge on any atom is 0.167 e. The molecule has 23 heavy (non-hydrogen) atoms. The molecule has 0 radical (unpaired) electrons. The van der Waals surface area contributed by atoms with Gasteiger partial charge in [0, 0.05) is 18.5 Å². The van der Waals surface area contributed by atoms with Crippen LogP contribution in [0.3, 0.4) is 0 Å². The first-order valence-corrected chi connectivity index (χ1v) is 8.32. The topological polar surface area (TPSA) is 38.3 Å². The van der Waals surface area contributed by atoms with Crippen molar-refractivity contribution in [1.82, 2.24) is 5.32 Å². The molecular formula is C20H23NO2. The molecule has 1 atom stereocenters. The molecule has 1 saturated heterocycles. The molecule has 3 rings (SSSR count). The summed E-state index contributed by atoms with van der Waals surface area (Å²) in [6.45, 7) is 4.74. The highest BCUT2D eigenvalue weighted by molar-refractivity contribution is 5.97. The van der Waals surface area contributed by atoms with Crippen LogP contribution in [0.2, 0.25) is 0 Å². The maximum atomic E-state index is 12.4. The highest BCUT2D eigenvalue weighted by atomic mass is 16.5. The minimum Gasteiger partial charge on any atom is -0.494 e. The molecule has 2 aromatic rings. The molecule has 1 unspecified atom stereocenters. The van der Waals surface area contributed by atoms with Crippen LogP contribution < -0.4 is 10.1 Å². The third-order valence-corrected chi connectivity index (χ3v) is 4.36. The van der Waals surface area contributed by atoms with Gasteiger partial charge in [-0.25, -0.2) is 0 Å². The highest BCUT2D eigenvalue weighted by Gasteiger charge is 2.16. The Hall–Kier alpha value is -2.13. The lowest BCUT2D eigenvalue weighted by Crippen LogP contribution is -2.08. The van der Waals surface area contributed by atoms with Crippen LogP contribution in [-0.2, 0) is 6.42 Å². The van der Waals surface area contributed by atoms with Gasteiger partial charge in [0.15, 0.2) is 5.78 Å². The second kappa shape index (κ2) is 7.42. The number of Topliss-reactive ketones (excluding diaryl/α,β-unsaturated/α-hetero) is 1. The van der Waals surface area contributed by atoms with E-state index in [1.54, 1.807) is 0 Å². The second-order valence-electron chi connectivity index (χ2n) is 5.99. The van der Waals surface area contributed by atoms with Crippen LogP contribution in [0.5, 0.6) is 5.75 Å². The summed E-state index contributed by atoms with van der Waals surface area (Å²) in [6.07, 6.45) is 1.64. The van der Waals surface area contributed by atoms with Crippen molar-refractivity contribution in [3.63, 3.8) is 0 Å². The van der Waals surface area contributed by atoms with Crippen molar-refractivity contribution < 1.29 is 9.53 Å². The van der Waals surface area contributed by atoms with Crippen molar-refractivity contribution in [2.75, 3.05) is 19.7 Å². The van der Waals surface area contributed by atoms with Crippen LogP contribution in [0.4, 0.5) is 0 Å². The smallest absolute Gasteiger partial charge is 0.167 e. The van der Waals surface area contributed by atoms with Crippen LogP contribution >= 0.6 is 0 Å². The van der Waals surface area contributed by atoms with E-state index in [0.29, 0.717) is 18.9 Å². The number of benzene rings is 2. The van der Waals surface area contributed by atoms with Crippen molar-refractivity contribution in [3.8, 4) is 5.75 Å². The summed E-state index contributed by atoms with van der Waals surface area (Å²) in [5.41, 5.74) is 3.17. The second-order valence-corrected chi connectivity index (χ2v) is 5.99. The fourth-order valence-electron chi connectivity index (χ4n) is 3.04. The van der Waals surface area contributed by atoms with Crippen molar-refractivity contribution in [3.05, 3.63) is 65.2 Å². The number of ether oxygens (including phenoxy) is 1. The molecule has 0 saturated carbocycles. The average Bonchev–Trinajstić information content (AvgIpc) is 3.11. The molecule has 0 amide bonds. The van der Waals surface area contributed by atoms with Gasteiger partial charge in [-0.05, 0) is 61.2 Å². The fraction of sp³-hybridized carbons (Fsp3) is 0.350. The SMILES string of the molecule is CCOc1ccc(C(=O)Cc2ccc(C3CCNC3)cc2)cc1.